The molecule has 100 valence electrons. The lowest BCUT2D eigenvalue weighted by Gasteiger charge is -2.23. The number of halogens is 1. The van der Waals surface area contributed by atoms with Gasteiger partial charge in [-0.2, -0.15) is 5.10 Å². The van der Waals surface area contributed by atoms with Gasteiger partial charge < -0.3 is 11.1 Å². The van der Waals surface area contributed by atoms with Crippen LogP contribution in [0.3, 0.4) is 0 Å². The second kappa shape index (κ2) is 6.78. The molecule has 0 spiro atoms. The second-order valence-corrected chi connectivity index (χ2v) is 5.58. The number of aromatic nitrogens is 2. The van der Waals surface area contributed by atoms with Gasteiger partial charge >= 0.3 is 0 Å². The molecule has 6 heteroatoms. The average molecular weight is 314 g/mol. The highest BCUT2D eigenvalue weighted by atomic mass is 79.9. The average Bonchev–Trinajstić information content (AvgIpc) is 2.76. The lowest BCUT2D eigenvalue weighted by molar-refractivity contribution is 0.412. The summed E-state index contributed by atoms with van der Waals surface area (Å²) in [4.78, 5) is 4.33. The van der Waals surface area contributed by atoms with Crippen LogP contribution < -0.4 is 11.1 Å². The van der Waals surface area contributed by atoms with Crippen molar-refractivity contribution in [3.05, 3.63) is 16.9 Å². The molecule has 0 saturated heterocycles. The number of hydrogen-bond donors (Lipinski definition) is 2. The highest BCUT2D eigenvalue weighted by Crippen LogP contribution is 2.16. The van der Waals surface area contributed by atoms with Crippen LogP contribution in [0.15, 0.2) is 21.9 Å². The quantitative estimate of drug-likeness (QED) is 0.659. The number of nitrogens with two attached hydrogens (primary N) is 1. The third-order valence-electron chi connectivity index (χ3n) is 3.17. The maximum absolute atomic E-state index is 5.87. The molecule has 1 saturated carbocycles. The maximum atomic E-state index is 5.87. The first-order valence-corrected chi connectivity index (χ1v) is 7.28. The Morgan fingerprint density at radius 1 is 1.50 bits per heavy atom. The van der Waals surface area contributed by atoms with Crippen molar-refractivity contribution in [1.82, 2.24) is 15.1 Å². The lowest BCUT2D eigenvalue weighted by Crippen LogP contribution is -2.41. The normalized spacial score (nSPS) is 17.9. The molecule has 5 nitrogen and oxygen atoms in total. The van der Waals surface area contributed by atoms with Crippen LogP contribution in [0.1, 0.15) is 32.1 Å². The molecular formula is C12H20BrN5. The molecule has 0 radical (unpaired) electrons. The van der Waals surface area contributed by atoms with Crippen molar-refractivity contribution in [2.24, 2.45) is 10.7 Å². The van der Waals surface area contributed by atoms with Crippen LogP contribution in [0.5, 0.6) is 0 Å². The van der Waals surface area contributed by atoms with Gasteiger partial charge in [0.2, 0.25) is 0 Å². The van der Waals surface area contributed by atoms with E-state index in [-0.39, 0.29) is 0 Å². The van der Waals surface area contributed by atoms with Crippen LogP contribution >= 0.6 is 15.9 Å². The van der Waals surface area contributed by atoms with Gasteiger partial charge in [0.1, 0.15) is 0 Å². The Morgan fingerprint density at radius 2 is 2.28 bits per heavy atom. The maximum Gasteiger partial charge on any atom is 0.188 e. The second-order valence-electron chi connectivity index (χ2n) is 4.67. The zero-order valence-electron chi connectivity index (χ0n) is 10.5. The van der Waals surface area contributed by atoms with E-state index in [1.807, 2.05) is 10.9 Å². The van der Waals surface area contributed by atoms with Crippen molar-refractivity contribution in [2.45, 2.75) is 44.7 Å². The summed E-state index contributed by atoms with van der Waals surface area (Å²) in [5, 5.41) is 7.47. The molecule has 3 N–H and O–H groups in total. The van der Waals surface area contributed by atoms with Gasteiger partial charge in [0.25, 0.3) is 0 Å². The first kappa shape index (κ1) is 13.4. The summed E-state index contributed by atoms with van der Waals surface area (Å²) in [7, 11) is 0. The van der Waals surface area contributed by atoms with Crippen molar-refractivity contribution in [3.8, 4) is 0 Å². The highest BCUT2D eigenvalue weighted by Gasteiger charge is 2.12. The smallest absolute Gasteiger partial charge is 0.188 e. The Bertz CT molecular complexity index is 395. The van der Waals surface area contributed by atoms with E-state index in [4.69, 9.17) is 5.73 Å². The summed E-state index contributed by atoms with van der Waals surface area (Å²) in [6, 6.07) is 0.515. The number of nitrogens with zero attached hydrogens (tertiary/aromatic N) is 3. The van der Waals surface area contributed by atoms with Crippen molar-refractivity contribution < 1.29 is 0 Å². The van der Waals surface area contributed by atoms with Gasteiger partial charge in [-0.1, -0.05) is 19.3 Å². The van der Waals surface area contributed by atoms with Crippen LogP contribution in [-0.2, 0) is 6.54 Å². The first-order chi connectivity index (χ1) is 8.74. The highest BCUT2D eigenvalue weighted by molar-refractivity contribution is 9.10. The molecule has 2 rings (SSSR count). The standard InChI is InChI=1S/C12H20BrN5/c13-10-8-16-18(9-10)7-6-15-12(14)17-11-4-2-1-3-5-11/h8-9,11H,1-7H2,(H3,14,15,17). The van der Waals surface area contributed by atoms with E-state index < -0.39 is 0 Å². The minimum Gasteiger partial charge on any atom is -0.370 e. The summed E-state index contributed by atoms with van der Waals surface area (Å²) in [5.41, 5.74) is 5.87. The summed E-state index contributed by atoms with van der Waals surface area (Å²) in [6.07, 6.45) is 10.1. The zero-order valence-corrected chi connectivity index (χ0v) is 12.1. The van der Waals surface area contributed by atoms with E-state index in [1.54, 1.807) is 6.20 Å². The third-order valence-corrected chi connectivity index (χ3v) is 3.58. The molecule has 0 bridgehead atoms. The Morgan fingerprint density at radius 3 is 2.94 bits per heavy atom. The predicted octanol–water partition coefficient (Wildman–Crippen LogP) is 1.88. The Hall–Kier alpha value is -1.04. The molecule has 1 fully saturated rings. The molecule has 1 heterocycles. The van der Waals surface area contributed by atoms with E-state index in [2.05, 4.69) is 31.3 Å². The van der Waals surface area contributed by atoms with Crippen LogP contribution in [0, 0.1) is 0 Å². The Labute approximate surface area is 116 Å². The first-order valence-electron chi connectivity index (χ1n) is 6.48. The minimum atomic E-state index is 0.515. The summed E-state index contributed by atoms with van der Waals surface area (Å²) >= 11 is 3.36. The van der Waals surface area contributed by atoms with E-state index in [0.717, 1.165) is 11.0 Å². The third kappa shape index (κ3) is 4.33. The van der Waals surface area contributed by atoms with Gasteiger partial charge in [-0.25, -0.2) is 0 Å². The van der Waals surface area contributed by atoms with Gasteiger partial charge in [0, 0.05) is 12.2 Å². The van der Waals surface area contributed by atoms with E-state index in [9.17, 15) is 0 Å². The largest absolute Gasteiger partial charge is 0.370 e. The van der Waals surface area contributed by atoms with Crippen LogP contribution in [-0.4, -0.2) is 28.3 Å². The molecule has 18 heavy (non-hydrogen) atoms. The van der Waals surface area contributed by atoms with Gasteiger partial charge in [-0.3, -0.25) is 9.67 Å². The fraction of sp³-hybridized carbons (Fsp3) is 0.667. The summed E-state index contributed by atoms with van der Waals surface area (Å²) in [5.74, 6) is 0.563. The lowest BCUT2D eigenvalue weighted by atomic mass is 9.96. The van der Waals surface area contributed by atoms with E-state index in [1.165, 1.54) is 32.1 Å². The molecule has 0 aromatic carbocycles. The van der Waals surface area contributed by atoms with Gasteiger partial charge in [-0.05, 0) is 28.8 Å². The SMILES string of the molecule is NC(=NCCn1cc(Br)cn1)NC1CCCCC1. The fourth-order valence-electron chi connectivity index (χ4n) is 2.24. The summed E-state index contributed by atoms with van der Waals surface area (Å²) < 4.78 is 2.83. The molecule has 1 aromatic rings. The number of hydrogen-bond acceptors (Lipinski definition) is 2. The molecule has 1 aliphatic rings. The topological polar surface area (TPSA) is 68.2 Å². The van der Waals surface area contributed by atoms with Crippen LogP contribution in [0.4, 0.5) is 0 Å². The van der Waals surface area contributed by atoms with Crippen molar-refractivity contribution >= 4 is 21.9 Å². The molecular weight excluding hydrogens is 294 g/mol. The monoisotopic (exact) mass is 313 g/mol. The van der Waals surface area contributed by atoms with Gasteiger partial charge in [-0.15, -0.1) is 0 Å². The number of aliphatic imine (C=N–C) groups is 1. The fourth-order valence-corrected chi connectivity index (χ4v) is 2.56. The predicted molar refractivity (Wildman–Crippen MR) is 76.4 cm³/mol. The molecule has 0 aliphatic heterocycles. The molecule has 1 aliphatic carbocycles. The number of nitrogens with one attached hydrogen (secondary N) is 1. The van der Waals surface area contributed by atoms with Gasteiger partial charge in [0.15, 0.2) is 5.96 Å². The van der Waals surface area contributed by atoms with Crippen molar-refractivity contribution in [3.63, 3.8) is 0 Å². The molecule has 0 unspecified atom stereocenters. The number of guanidine groups is 1. The molecule has 0 amide bonds. The Kier molecular flexibility index (Phi) is 5.04. The zero-order chi connectivity index (χ0) is 12.8. The van der Waals surface area contributed by atoms with E-state index >= 15 is 0 Å². The Balaban J connectivity index is 1.71. The van der Waals surface area contributed by atoms with Crippen molar-refractivity contribution in [2.75, 3.05) is 6.54 Å². The van der Waals surface area contributed by atoms with Crippen molar-refractivity contribution in [1.29, 1.82) is 0 Å². The molecule has 0 atom stereocenters. The van der Waals surface area contributed by atoms with E-state index in [0.29, 0.717) is 18.5 Å². The molecule has 1 aromatic heterocycles. The van der Waals surface area contributed by atoms with Gasteiger partial charge in [0.05, 0.1) is 23.8 Å². The van der Waals surface area contributed by atoms with Crippen LogP contribution in [0.2, 0.25) is 0 Å². The summed E-state index contributed by atoms with van der Waals surface area (Å²) in [6.45, 7) is 1.40. The number of rotatable bonds is 4. The minimum absolute atomic E-state index is 0.515. The van der Waals surface area contributed by atoms with Crippen LogP contribution in [0.25, 0.3) is 0 Å².